The van der Waals surface area contributed by atoms with E-state index in [4.69, 9.17) is 4.74 Å². The van der Waals surface area contributed by atoms with Crippen molar-refractivity contribution in [1.82, 2.24) is 4.98 Å². The Kier molecular flexibility index (Phi) is 4.73. The number of ether oxygens (including phenoxy) is 1. The molecule has 0 aliphatic rings. The second-order valence-corrected chi connectivity index (χ2v) is 7.92. The topological polar surface area (TPSA) is 68.3 Å². The summed E-state index contributed by atoms with van der Waals surface area (Å²) in [6.07, 6.45) is 0. The summed E-state index contributed by atoms with van der Waals surface area (Å²) in [5.41, 5.74) is 1.19. The lowest BCUT2D eigenvalue weighted by molar-refractivity contribution is 0.403. The molecule has 1 heterocycles. The van der Waals surface area contributed by atoms with E-state index < -0.39 is 15.8 Å². The molecule has 2 aromatic carbocycles. The van der Waals surface area contributed by atoms with Crippen LogP contribution in [0.15, 0.2) is 52.7 Å². The van der Waals surface area contributed by atoms with E-state index in [1.54, 1.807) is 18.2 Å². The summed E-state index contributed by atoms with van der Waals surface area (Å²) in [6, 6.07) is 10.3. The minimum atomic E-state index is -4.04. The van der Waals surface area contributed by atoms with Gasteiger partial charge in [0.25, 0.3) is 10.0 Å². The first-order valence-electron chi connectivity index (χ1n) is 7.28. The van der Waals surface area contributed by atoms with E-state index in [0.29, 0.717) is 11.3 Å². The molecule has 3 aromatic rings. The van der Waals surface area contributed by atoms with Gasteiger partial charge in [-0.2, -0.15) is 0 Å². The van der Waals surface area contributed by atoms with Gasteiger partial charge >= 0.3 is 0 Å². The third kappa shape index (κ3) is 3.64. The van der Waals surface area contributed by atoms with Crippen LogP contribution in [-0.2, 0) is 10.0 Å². The summed E-state index contributed by atoms with van der Waals surface area (Å²) in [4.78, 5) is 4.28. The molecule has 0 saturated carbocycles. The number of rotatable bonds is 5. The molecule has 0 unspecified atom stereocenters. The van der Waals surface area contributed by atoms with Crippen LogP contribution in [0.3, 0.4) is 0 Å². The number of nitrogens with one attached hydrogen (secondary N) is 1. The molecule has 0 amide bonds. The molecule has 0 saturated heterocycles. The Morgan fingerprint density at radius 1 is 1.20 bits per heavy atom. The second kappa shape index (κ2) is 6.81. The number of methoxy groups -OCH3 is 1. The molecule has 0 aliphatic heterocycles. The molecule has 5 nitrogen and oxygen atoms in total. The van der Waals surface area contributed by atoms with E-state index in [2.05, 4.69) is 9.71 Å². The Morgan fingerprint density at radius 3 is 2.60 bits per heavy atom. The van der Waals surface area contributed by atoms with E-state index >= 15 is 0 Å². The van der Waals surface area contributed by atoms with Gasteiger partial charge in [-0.15, -0.1) is 11.3 Å². The number of hydrogen-bond acceptors (Lipinski definition) is 5. The normalized spacial score (nSPS) is 11.3. The van der Waals surface area contributed by atoms with Crippen molar-refractivity contribution in [2.75, 3.05) is 11.8 Å². The van der Waals surface area contributed by atoms with Gasteiger partial charge in [0.05, 0.1) is 23.5 Å². The SMILES string of the molecule is COc1ccc(-c2csc(C)n2)cc1S(=O)(=O)Nc1ccccc1F. The number of nitrogens with zero attached hydrogens (tertiary/aromatic N) is 1. The number of halogens is 1. The van der Waals surface area contributed by atoms with Gasteiger partial charge < -0.3 is 4.74 Å². The van der Waals surface area contributed by atoms with Crippen LogP contribution >= 0.6 is 11.3 Å². The molecule has 0 fully saturated rings. The standard InChI is InChI=1S/C17H15FN2O3S2/c1-11-19-15(10-24-11)12-7-8-16(23-2)17(9-12)25(21,22)20-14-6-4-3-5-13(14)18/h3-10,20H,1-2H3. The fraction of sp³-hybridized carbons (Fsp3) is 0.118. The quantitative estimate of drug-likeness (QED) is 0.727. The van der Waals surface area contributed by atoms with Crippen molar-refractivity contribution in [3.63, 3.8) is 0 Å². The number of sulfonamides is 1. The van der Waals surface area contributed by atoms with Gasteiger partial charge in [0.2, 0.25) is 0 Å². The fourth-order valence-corrected chi connectivity index (χ4v) is 4.17. The summed E-state index contributed by atoms with van der Waals surface area (Å²) >= 11 is 1.47. The maximum absolute atomic E-state index is 13.8. The number of anilines is 1. The molecule has 0 aliphatic carbocycles. The molecular weight excluding hydrogens is 363 g/mol. The van der Waals surface area contributed by atoms with Crippen molar-refractivity contribution in [3.05, 3.63) is 58.7 Å². The van der Waals surface area contributed by atoms with E-state index in [9.17, 15) is 12.8 Å². The van der Waals surface area contributed by atoms with Crippen LogP contribution in [0.2, 0.25) is 0 Å². The highest BCUT2D eigenvalue weighted by Crippen LogP contribution is 2.32. The Hall–Kier alpha value is -2.45. The molecule has 0 atom stereocenters. The number of aromatic nitrogens is 1. The first-order chi connectivity index (χ1) is 11.9. The van der Waals surface area contributed by atoms with Gasteiger partial charge in [0, 0.05) is 10.9 Å². The molecule has 1 aromatic heterocycles. The van der Waals surface area contributed by atoms with Crippen LogP contribution in [0.25, 0.3) is 11.3 Å². The number of benzene rings is 2. The predicted octanol–water partition coefficient (Wildman–Crippen LogP) is 4.07. The van der Waals surface area contributed by atoms with Gasteiger partial charge in [0.1, 0.15) is 16.5 Å². The van der Waals surface area contributed by atoms with Crippen LogP contribution in [0.4, 0.5) is 10.1 Å². The summed E-state index contributed by atoms with van der Waals surface area (Å²) in [7, 11) is -2.66. The van der Waals surface area contributed by atoms with Crippen molar-refractivity contribution in [2.45, 2.75) is 11.8 Å². The smallest absolute Gasteiger partial charge is 0.265 e. The maximum Gasteiger partial charge on any atom is 0.265 e. The van der Waals surface area contributed by atoms with Crippen LogP contribution in [0, 0.1) is 12.7 Å². The Labute approximate surface area is 149 Å². The number of hydrogen-bond donors (Lipinski definition) is 1. The van der Waals surface area contributed by atoms with Crippen molar-refractivity contribution in [3.8, 4) is 17.0 Å². The zero-order valence-corrected chi connectivity index (χ0v) is 15.1. The minimum Gasteiger partial charge on any atom is -0.495 e. The zero-order valence-electron chi connectivity index (χ0n) is 13.5. The largest absolute Gasteiger partial charge is 0.495 e. The number of para-hydroxylation sites is 1. The van der Waals surface area contributed by atoms with Gasteiger partial charge in [-0.25, -0.2) is 17.8 Å². The van der Waals surface area contributed by atoms with Crippen LogP contribution in [0.5, 0.6) is 5.75 Å². The first kappa shape index (κ1) is 17.4. The fourth-order valence-electron chi connectivity index (χ4n) is 2.29. The minimum absolute atomic E-state index is 0.0820. The maximum atomic E-state index is 13.8. The highest BCUT2D eigenvalue weighted by Gasteiger charge is 2.22. The Balaban J connectivity index is 2.06. The highest BCUT2D eigenvalue weighted by atomic mass is 32.2. The molecule has 0 radical (unpaired) electrons. The van der Waals surface area contributed by atoms with Crippen molar-refractivity contribution in [1.29, 1.82) is 0 Å². The molecule has 0 spiro atoms. The Morgan fingerprint density at radius 2 is 1.96 bits per heavy atom. The monoisotopic (exact) mass is 378 g/mol. The van der Waals surface area contributed by atoms with Crippen molar-refractivity contribution in [2.24, 2.45) is 0 Å². The van der Waals surface area contributed by atoms with Crippen LogP contribution < -0.4 is 9.46 Å². The van der Waals surface area contributed by atoms with Crippen LogP contribution in [-0.4, -0.2) is 20.5 Å². The summed E-state index contributed by atoms with van der Waals surface area (Å²) in [5.74, 6) is -0.490. The van der Waals surface area contributed by atoms with Gasteiger partial charge in [-0.3, -0.25) is 4.72 Å². The van der Waals surface area contributed by atoms with E-state index in [-0.39, 0.29) is 16.3 Å². The summed E-state index contributed by atoms with van der Waals surface area (Å²) in [5, 5.41) is 2.72. The van der Waals surface area contributed by atoms with E-state index in [0.717, 1.165) is 5.01 Å². The molecular formula is C17H15FN2O3S2. The average molecular weight is 378 g/mol. The first-order valence-corrected chi connectivity index (χ1v) is 9.65. The average Bonchev–Trinajstić information content (AvgIpc) is 3.02. The van der Waals surface area contributed by atoms with E-state index in [1.165, 1.54) is 42.7 Å². The van der Waals surface area contributed by atoms with Gasteiger partial charge in [-0.05, 0) is 37.3 Å². The third-order valence-corrected chi connectivity index (χ3v) is 5.65. The molecule has 8 heteroatoms. The molecule has 0 bridgehead atoms. The Bertz CT molecular complexity index is 1020. The summed E-state index contributed by atoms with van der Waals surface area (Å²) < 4.78 is 46.7. The summed E-state index contributed by atoms with van der Waals surface area (Å²) in [6.45, 7) is 1.87. The number of aryl methyl sites for hydroxylation is 1. The molecule has 1 N–H and O–H groups in total. The lowest BCUT2D eigenvalue weighted by atomic mass is 10.2. The third-order valence-electron chi connectivity index (χ3n) is 3.49. The zero-order chi connectivity index (χ0) is 18.0. The molecule has 25 heavy (non-hydrogen) atoms. The lowest BCUT2D eigenvalue weighted by Gasteiger charge is -2.13. The lowest BCUT2D eigenvalue weighted by Crippen LogP contribution is -2.15. The van der Waals surface area contributed by atoms with Gasteiger partial charge in [-0.1, -0.05) is 12.1 Å². The van der Waals surface area contributed by atoms with Gasteiger partial charge in [0.15, 0.2) is 0 Å². The predicted molar refractivity (Wildman–Crippen MR) is 96.0 cm³/mol. The van der Waals surface area contributed by atoms with Crippen molar-refractivity contribution >= 4 is 27.0 Å². The molecule has 130 valence electrons. The van der Waals surface area contributed by atoms with E-state index in [1.807, 2.05) is 12.3 Å². The number of thiazole rings is 1. The van der Waals surface area contributed by atoms with Crippen molar-refractivity contribution < 1.29 is 17.5 Å². The second-order valence-electron chi connectivity index (χ2n) is 5.20. The molecule has 3 rings (SSSR count). The highest BCUT2D eigenvalue weighted by molar-refractivity contribution is 7.92. The van der Waals surface area contributed by atoms with Crippen LogP contribution in [0.1, 0.15) is 5.01 Å².